The minimum absolute atomic E-state index is 0.276. The molecule has 0 aromatic heterocycles. The summed E-state index contributed by atoms with van der Waals surface area (Å²) in [6.45, 7) is 6.85. The predicted octanol–water partition coefficient (Wildman–Crippen LogP) is 6.25. The molecular formula is C18H27Cl2N. The van der Waals surface area contributed by atoms with Crippen LogP contribution in [0.5, 0.6) is 0 Å². The van der Waals surface area contributed by atoms with Crippen molar-refractivity contribution in [1.29, 1.82) is 0 Å². The first kappa shape index (κ1) is 17.1. The van der Waals surface area contributed by atoms with Crippen molar-refractivity contribution in [2.24, 2.45) is 11.8 Å². The van der Waals surface area contributed by atoms with Gasteiger partial charge in [0.1, 0.15) is 0 Å². The number of rotatable bonds is 5. The highest BCUT2D eigenvalue weighted by molar-refractivity contribution is 6.35. The van der Waals surface area contributed by atoms with Gasteiger partial charge >= 0.3 is 0 Å². The van der Waals surface area contributed by atoms with E-state index < -0.39 is 0 Å². The van der Waals surface area contributed by atoms with Gasteiger partial charge in [0.25, 0.3) is 0 Å². The standard InChI is InChI=1S/C18H27Cl2N/c1-12(2)9-14-5-4-6-16(10-14)21-13(3)17-8-7-15(19)11-18(17)20/h7-8,11-14,16,21H,4-6,9-10H2,1-3H3. The number of benzene rings is 1. The van der Waals surface area contributed by atoms with Crippen LogP contribution in [-0.2, 0) is 0 Å². The van der Waals surface area contributed by atoms with Crippen LogP contribution in [0.15, 0.2) is 18.2 Å². The van der Waals surface area contributed by atoms with Crippen molar-refractivity contribution in [3.63, 3.8) is 0 Å². The van der Waals surface area contributed by atoms with E-state index in [1.54, 1.807) is 0 Å². The van der Waals surface area contributed by atoms with Crippen molar-refractivity contribution in [2.45, 2.75) is 65.0 Å². The Kier molecular flexibility index (Phi) is 6.40. The third-order valence-electron chi connectivity index (χ3n) is 4.50. The molecule has 1 aromatic carbocycles. The topological polar surface area (TPSA) is 12.0 Å². The van der Waals surface area contributed by atoms with Gasteiger partial charge in [-0.25, -0.2) is 0 Å². The minimum Gasteiger partial charge on any atom is -0.307 e. The van der Waals surface area contributed by atoms with Crippen LogP contribution in [0.25, 0.3) is 0 Å². The second kappa shape index (κ2) is 7.85. The number of halogens is 2. The van der Waals surface area contributed by atoms with E-state index in [9.17, 15) is 0 Å². The lowest BCUT2D eigenvalue weighted by Gasteiger charge is -2.33. The fourth-order valence-electron chi connectivity index (χ4n) is 3.62. The molecule has 0 spiro atoms. The number of nitrogens with one attached hydrogen (secondary N) is 1. The highest BCUT2D eigenvalue weighted by Crippen LogP contribution is 2.32. The maximum absolute atomic E-state index is 6.32. The lowest BCUT2D eigenvalue weighted by Crippen LogP contribution is -2.36. The van der Waals surface area contributed by atoms with E-state index in [-0.39, 0.29) is 6.04 Å². The van der Waals surface area contributed by atoms with Crippen LogP contribution in [0, 0.1) is 11.8 Å². The van der Waals surface area contributed by atoms with Gasteiger partial charge in [-0.05, 0) is 55.7 Å². The molecule has 118 valence electrons. The monoisotopic (exact) mass is 327 g/mol. The summed E-state index contributed by atoms with van der Waals surface area (Å²) in [4.78, 5) is 0. The zero-order valence-corrected chi connectivity index (χ0v) is 14.8. The Morgan fingerprint density at radius 3 is 2.62 bits per heavy atom. The number of hydrogen-bond acceptors (Lipinski definition) is 1. The fraction of sp³-hybridized carbons (Fsp3) is 0.667. The third kappa shape index (κ3) is 5.16. The van der Waals surface area contributed by atoms with Crippen molar-refractivity contribution in [2.75, 3.05) is 0 Å². The van der Waals surface area contributed by atoms with Crippen molar-refractivity contribution in [3.05, 3.63) is 33.8 Å². The Labute approximate surface area is 139 Å². The smallest absolute Gasteiger partial charge is 0.0468 e. The molecule has 3 atom stereocenters. The van der Waals surface area contributed by atoms with E-state index in [0.717, 1.165) is 22.4 Å². The van der Waals surface area contributed by atoms with Gasteiger partial charge in [0.05, 0.1) is 0 Å². The van der Waals surface area contributed by atoms with E-state index in [4.69, 9.17) is 23.2 Å². The maximum Gasteiger partial charge on any atom is 0.0468 e. The Morgan fingerprint density at radius 1 is 1.19 bits per heavy atom. The Morgan fingerprint density at radius 2 is 1.95 bits per heavy atom. The molecule has 0 radical (unpaired) electrons. The molecule has 1 aliphatic rings. The summed E-state index contributed by atoms with van der Waals surface area (Å²) in [7, 11) is 0. The summed E-state index contributed by atoms with van der Waals surface area (Å²) < 4.78 is 0. The molecule has 1 fully saturated rings. The third-order valence-corrected chi connectivity index (χ3v) is 5.06. The van der Waals surface area contributed by atoms with Gasteiger partial charge in [-0.2, -0.15) is 0 Å². The van der Waals surface area contributed by atoms with Crippen LogP contribution in [0.2, 0.25) is 10.0 Å². The average Bonchev–Trinajstić information content (AvgIpc) is 2.37. The quantitative estimate of drug-likeness (QED) is 0.674. The zero-order valence-electron chi connectivity index (χ0n) is 13.3. The van der Waals surface area contributed by atoms with E-state index in [0.29, 0.717) is 11.1 Å². The summed E-state index contributed by atoms with van der Waals surface area (Å²) in [5, 5.41) is 5.23. The maximum atomic E-state index is 6.32. The molecule has 2 rings (SSSR count). The normalized spacial score (nSPS) is 24.3. The molecule has 1 nitrogen and oxygen atoms in total. The summed E-state index contributed by atoms with van der Waals surface area (Å²) in [6, 6.07) is 6.68. The van der Waals surface area contributed by atoms with E-state index in [1.165, 1.54) is 32.1 Å². The van der Waals surface area contributed by atoms with Crippen molar-refractivity contribution < 1.29 is 0 Å². The summed E-state index contributed by atoms with van der Waals surface area (Å²) in [6.07, 6.45) is 6.68. The molecule has 0 saturated heterocycles. The molecule has 0 amide bonds. The first-order valence-corrected chi connectivity index (χ1v) is 8.92. The van der Waals surface area contributed by atoms with Gasteiger partial charge in [-0.1, -0.05) is 56.0 Å². The van der Waals surface area contributed by atoms with E-state index >= 15 is 0 Å². The zero-order chi connectivity index (χ0) is 15.4. The molecule has 0 bridgehead atoms. The van der Waals surface area contributed by atoms with Gasteiger partial charge in [0.2, 0.25) is 0 Å². The van der Waals surface area contributed by atoms with Crippen molar-refractivity contribution in [3.8, 4) is 0 Å². The molecule has 1 N–H and O–H groups in total. The second-order valence-corrected chi connectivity index (χ2v) is 7.76. The molecule has 1 aromatic rings. The molecule has 3 unspecified atom stereocenters. The van der Waals surface area contributed by atoms with Crippen LogP contribution in [0.4, 0.5) is 0 Å². The van der Waals surface area contributed by atoms with Crippen LogP contribution in [0.1, 0.15) is 64.5 Å². The summed E-state index contributed by atoms with van der Waals surface area (Å²) in [5.74, 6) is 1.68. The molecule has 3 heteroatoms. The Bertz CT molecular complexity index is 459. The lowest BCUT2D eigenvalue weighted by molar-refractivity contribution is 0.242. The predicted molar refractivity (Wildman–Crippen MR) is 93.2 cm³/mol. The highest BCUT2D eigenvalue weighted by atomic mass is 35.5. The molecule has 1 aliphatic carbocycles. The first-order chi connectivity index (χ1) is 9.95. The van der Waals surface area contributed by atoms with Gasteiger partial charge < -0.3 is 5.32 Å². The summed E-state index contributed by atoms with van der Waals surface area (Å²) in [5.41, 5.74) is 1.15. The Hall–Kier alpha value is -0.240. The highest BCUT2D eigenvalue weighted by Gasteiger charge is 2.24. The molecule has 21 heavy (non-hydrogen) atoms. The minimum atomic E-state index is 0.276. The van der Waals surface area contributed by atoms with Gasteiger partial charge in [-0.15, -0.1) is 0 Å². The van der Waals surface area contributed by atoms with Crippen molar-refractivity contribution in [1.82, 2.24) is 5.32 Å². The van der Waals surface area contributed by atoms with Gasteiger partial charge in [0.15, 0.2) is 0 Å². The lowest BCUT2D eigenvalue weighted by atomic mass is 9.81. The molecule has 1 saturated carbocycles. The van der Waals surface area contributed by atoms with E-state index in [1.807, 2.05) is 18.2 Å². The average molecular weight is 328 g/mol. The summed E-state index contributed by atoms with van der Waals surface area (Å²) >= 11 is 12.3. The largest absolute Gasteiger partial charge is 0.307 e. The second-order valence-electron chi connectivity index (χ2n) is 6.91. The molecule has 0 heterocycles. The molecular weight excluding hydrogens is 301 g/mol. The van der Waals surface area contributed by atoms with Gasteiger partial charge in [-0.3, -0.25) is 0 Å². The van der Waals surface area contributed by atoms with E-state index in [2.05, 4.69) is 26.1 Å². The van der Waals surface area contributed by atoms with Crippen LogP contribution in [0.3, 0.4) is 0 Å². The fourth-order valence-corrected chi connectivity index (χ4v) is 4.19. The number of hydrogen-bond donors (Lipinski definition) is 1. The van der Waals surface area contributed by atoms with Crippen LogP contribution in [-0.4, -0.2) is 6.04 Å². The Balaban J connectivity index is 1.94. The SMILES string of the molecule is CC(C)CC1CCCC(NC(C)c2ccc(Cl)cc2Cl)C1. The molecule has 0 aliphatic heterocycles. The first-order valence-electron chi connectivity index (χ1n) is 8.16. The van der Waals surface area contributed by atoms with Crippen LogP contribution < -0.4 is 5.32 Å². The van der Waals surface area contributed by atoms with Crippen molar-refractivity contribution >= 4 is 23.2 Å². The van der Waals surface area contributed by atoms with Crippen LogP contribution >= 0.6 is 23.2 Å². The van der Waals surface area contributed by atoms with Gasteiger partial charge in [0, 0.05) is 22.1 Å².